The van der Waals surface area contributed by atoms with E-state index < -0.39 is 0 Å². The highest BCUT2D eigenvalue weighted by atomic mass is 16.3. The van der Waals surface area contributed by atoms with Crippen LogP contribution in [0.3, 0.4) is 0 Å². The van der Waals surface area contributed by atoms with Gasteiger partial charge in [-0.3, -0.25) is 0 Å². The third-order valence-corrected chi connectivity index (χ3v) is 4.41. The summed E-state index contributed by atoms with van der Waals surface area (Å²) in [5.41, 5.74) is 0.173. The average Bonchev–Trinajstić information content (AvgIpc) is 2.85. The van der Waals surface area contributed by atoms with Gasteiger partial charge < -0.3 is 5.11 Å². The standard InChI is InChI=1S/C13H24O/c1-12(2,3)10-6-8-13(14,9-7-10)11-4-5-11/h10-11,14H,4-9H2,1-3H3. The molecule has 0 saturated heterocycles. The largest absolute Gasteiger partial charge is 0.390 e. The van der Waals surface area contributed by atoms with Gasteiger partial charge in [-0.05, 0) is 55.8 Å². The smallest absolute Gasteiger partial charge is 0.0676 e. The van der Waals surface area contributed by atoms with Crippen LogP contribution in [0.25, 0.3) is 0 Å². The lowest BCUT2D eigenvalue weighted by Gasteiger charge is -2.41. The second kappa shape index (κ2) is 3.23. The van der Waals surface area contributed by atoms with Crippen LogP contribution < -0.4 is 0 Å². The van der Waals surface area contributed by atoms with Crippen LogP contribution in [0.5, 0.6) is 0 Å². The Morgan fingerprint density at radius 2 is 1.50 bits per heavy atom. The van der Waals surface area contributed by atoms with E-state index in [0.29, 0.717) is 11.3 Å². The van der Waals surface area contributed by atoms with E-state index in [1.54, 1.807) is 0 Å². The topological polar surface area (TPSA) is 20.2 Å². The van der Waals surface area contributed by atoms with Crippen molar-refractivity contribution in [2.45, 2.75) is 64.9 Å². The van der Waals surface area contributed by atoms with Crippen molar-refractivity contribution in [1.82, 2.24) is 0 Å². The molecule has 1 N–H and O–H groups in total. The van der Waals surface area contributed by atoms with Crippen molar-refractivity contribution in [1.29, 1.82) is 0 Å². The second-order valence-corrected chi connectivity index (χ2v) is 6.52. The molecule has 0 unspecified atom stereocenters. The molecule has 2 aliphatic rings. The Morgan fingerprint density at radius 3 is 1.86 bits per heavy atom. The summed E-state index contributed by atoms with van der Waals surface area (Å²) in [5.74, 6) is 1.48. The van der Waals surface area contributed by atoms with Crippen molar-refractivity contribution in [2.75, 3.05) is 0 Å². The third-order valence-electron chi connectivity index (χ3n) is 4.41. The zero-order valence-electron chi connectivity index (χ0n) is 9.84. The molecule has 0 radical (unpaired) electrons. The molecule has 0 bridgehead atoms. The van der Waals surface area contributed by atoms with Crippen LogP contribution in [-0.2, 0) is 0 Å². The van der Waals surface area contributed by atoms with E-state index in [2.05, 4.69) is 20.8 Å². The molecule has 0 aliphatic heterocycles. The van der Waals surface area contributed by atoms with Gasteiger partial charge in [-0.25, -0.2) is 0 Å². The van der Waals surface area contributed by atoms with E-state index in [-0.39, 0.29) is 5.60 Å². The van der Waals surface area contributed by atoms with Crippen molar-refractivity contribution in [3.05, 3.63) is 0 Å². The molecule has 0 aromatic carbocycles. The van der Waals surface area contributed by atoms with Crippen LogP contribution in [0.4, 0.5) is 0 Å². The molecule has 0 spiro atoms. The van der Waals surface area contributed by atoms with Crippen LogP contribution in [0.1, 0.15) is 59.3 Å². The highest BCUT2D eigenvalue weighted by Crippen LogP contribution is 2.50. The van der Waals surface area contributed by atoms with Crippen LogP contribution >= 0.6 is 0 Å². The minimum absolute atomic E-state index is 0.262. The molecule has 2 saturated carbocycles. The highest BCUT2D eigenvalue weighted by molar-refractivity contribution is 4.98. The molecule has 1 heteroatoms. The maximum Gasteiger partial charge on any atom is 0.0676 e. The fraction of sp³-hybridized carbons (Fsp3) is 1.00. The molecule has 2 fully saturated rings. The van der Waals surface area contributed by atoms with E-state index >= 15 is 0 Å². The van der Waals surface area contributed by atoms with E-state index in [1.807, 2.05) is 0 Å². The summed E-state index contributed by atoms with van der Waals surface area (Å²) in [4.78, 5) is 0. The van der Waals surface area contributed by atoms with Gasteiger partial charge in [0.25, 0.3) is 0 Å². The SMILES string of the molecule is CC(C)(C)C1CCC(O)(C2CC2)CC1. The summed E-state index contributed by atoms with van der Waals surface area (Å²) in [6, 6.07) is 0. The Balaban J connectivity index is 1.91. The Hall–Kier alpha value is -0.0400. The summed E-state index contributed by atoms with van der Waals surface area (Å²) in [6.45, 7) is 7.00. The van der Waals surface area contributed by atoms with Crippen LogP contribution in [0.2, 0.25) is 0 Å². The lowest BCUT2D eigenvalue weighted by atomic mass is 9.67. The first-order valence-electron chi connectivity index (χ1n) is 6.14. The Morgan fingerprint density at radius 1 is 1.00 bits per heavy atom. The molecule has 82 valence electrons. The Labute approximate surface area is 87.9 Å². The first-order valence-corrected chi connectivity index (χ1v) is 6.14. The first-order chi connectivity index (χ1) is 6.42. The van der Waals surface area contributed by atoms with Crippen LogP contribution in [-0.4, -0.2) is 10.7 Å². The van der Waals surface area contributed by atoms with Crippen LogP contribution in [0, 0.1) is 17.3 Å². The second-order valence-electron chi connectivity index (χ2n) is 6.52. The predicted molar refractivity (Wildman–Crippen MR) is 59.1 cm³/mol. The summed E-state index contributed by atoms with van der Waals surface area (Å²) < 4.78 is 0. The van der Waals surface area contributed by atoms with Crippen molar-refractivity contribution < 1.29 is 5.11 Å². The number of aliphatic hydroxyl groups is 1. The predicted octanol–water partition coefficient (Wildman–Crippen LogP) is 3.36. The zero-order valence-corrected chi connectivity index (χ0v) is 9.84. The van der Waals surface area contributed by atoms with Gasteiger partial charge in [0, 0.05) is 0 Å². The van der Waals surface area contributed by atoms with Crippen molar-refractivity contribution in [3.8, 4) is 0 Å². The molecule has 0 atom stereocenters. The summed E-state index contributed by atoms with van der Waals surface area (Å²) in [5, 5.41) is 10.4. The maximum atomic E-state index is 10.4. The number of rotatable bonds is 1. The van der Waals surface area contributed by atoms with Crippen molar-refractivity contribution in [2.24, 2.45) is 17.3 Å². The van der Waals surface area contributed by atoms with E-state index in [1.165, 1.54) is 25.7 Å². The highest BCUT2D eigenvalue weighted by Gasteiger charge is 2.46. The normalized spacial score (nSPS) is 39.9. The molecule has 14 heavy (non-hydrogen) atoms. The summed E-state index contributed by atoms with van der Waals surface area (Å²) in [6.07, 6.45) is 7.12. The van der Waals surface area contributed by atoms with Gasteiger partial charge >= 0.3 is 0 Å². The summed E-state index contributed by atoms with van der Waals surface area (Å²) >= 11 is 0. The molecule has 0 aromatic rings. The molecule has 2 rings (SSSR count). The molecule has 0 amide bonds. The quantitative estimate of drug-likeness (QED) is 0.682. The average molecular weight is 196 g/mol. The van der Waals surface area contributed by atoms with Gasteiger partial charge in [0.15, 0.2) is 0 Å². The van der Waals surface area contributed by atoms with E-state index in [4.69, 9.17) is 0 Å². The van der Waals surface area contributed by atoms with E-state index in [0.717, 1.165) is 18.8 Å². The fourth-order valence-electron chi connectivity index (χ4n) is 3.01. The van der Waals surface area contributed by atoms with Gasteiger partial charge in [0.1, 0.15) is 0 Å². The van der Waals surface area contributed by atoms with Crippen molar-refractivity contribution >= 4 is 0 Å². The van der Waals surface area contributed by atoms with Crippen LogP contribution in [0.15, 0.2) is 0 Å². The fourth-order valence-corrected chi connectivity index (χ4v) is 3.01. The summed E-state index contributed by atoms with van der Waals surface area (Å²) in [7, 11) is 0. The lowest BCUT2D eigenvalue weighted by Crippen LogP contribution is -2.39. The molecule has 0 aromatic heterocycles. The minimum Gasteiger partial charge on any atom is -0.390 e. The molecular weight excluding hydrogens is 172 g/mol. The number of hydrogen-bond acceptors (Lipinski definition) is 1. The molecule has 0 heterocycles. The minimum atomic E-state index is -0.262. The number of hydrogen-bond donors (Lipinski definition) is 1. The van der Waals surface area contributed by atoms with Gasteiger partial charge in [-0.1, -0.05) is 20.8 Å². The third kappa shape index (κ3) is 1.98. The molecule has 2 aliphatic carbocycles. The van der Waals surface area contributed by atoms with E-state index in [9.17, 15) is 5.11 Å². The molecule has 1 nitrogen and oxygen atoms in total. The monoisotopic (exact) mass is 196 g/mol. The Bertz CT molecular complexity index is 202. The lowest BCUT2D eigenvalue weighted by molar-refractivity contribution is -0.0423. The van der Waals surface area contributed by atoms with Crippen molar-refractivity contribution in [3.63, 3.8) is 0 Å². The van der Waals surface area contributed by atoms with Gasteiger partial charge in [0.2, 0.25) is 0 Å². The Kier molecular flexibility index (Phi) is 2.42. The molecular formula is C13H24O. The maximum absolute atomic E-state index is 10.4. The van der Waals surface area contributed by atoms with Gasteiger partial charge in [-0.15, -0.1) is 0 Å². The first kappa shape index (κ1) is 10.5. The van der Waals surface area contributed by atoms with Gasteiger partial charge in [-0.2, -0.15) is 0 Å². The van der Waals surface area contributed by atoms with Gasteiger partial charge in [0.05, 0.1) is 5.60 Å². The zero-order chi connectivity index (χ0) is 10.4.